The molecule has 3 atom stereocenters. The minimum atomic E-state index is -0.717. The number of nitrogens with one attached hydrogen (secondary N) is 2. The average Bonchev–Trinajstić information content (AvgIpc) is 3.71. The van der Waals surface area contributed by atoms with Gasteiger partial charge in [0.25, 0.3) is 0 Å². The first-order chi connectivity index (χ1) is 19.4. The van der Waals surface area contributed by atoms with Crippen molar-refractivity contribution >= 4 is 23.4 Å². The average molecular weight is 562 g/mol. The minimum Gasteiger partial charge on any atom is -0.350 e. The summed E-state index contributed by atoms with van der Waals surface area (Å²) >= 11 is 6.19. The van der Waals surface area contributed by atoms with Crippen LogP contribution in [0, 0.1) is 0 Å². The number of halogens is 1. The lowest BCUT2D eigenvalue weighted by Gasteiger charge is -2.38. The SMILES string of the molecule is CCN1CC[C@H](c2cccc(-n3cccn3)c2)C[C@@H]1C(=O)N[C@@H](C)C(=O)NCc1cc(Cl)ccc1-n1cnnn1. The van der Waals surface area contributed by atoms with Crippen molar-refractivity contribution in [3.05, 3.63) is 83.4 Å². The monoisotopic (exact) mass is 561 g/mol. The van der Waals surface area contributed by atoms with E-state index in [1.54, 1.807) is 31.3 Å². The summed E-state index contributed by atoms with van der Waals surface area (Å²) in [6.07, 6.45) is 6.78. The van der Waals surface area contributed by atoms with Gasteiger partial charge in [0.15, 0.2) is 0 Å². The van der Waals surface area contributed by atoms with Crippen LogP contribution in [0.3, 0.4) is 0 Å². The molecular formula is C28H32ClN9O2. The third-order valence-corrected chi connectivity index (χ3v) is 7.61. The summed E-state index contributed by atoms with van der Waals surface area (Å²) in [7, 11) is 0. The number of hydrogen-bond donors (Lipinski definition) is 2. The Balaban J connectivity index is 1.22. The van der Waals surface area contributed by atoms with Crippen molar-refractivity contribution in [1.82, 2.24) is 45.5 Å². The molecule has 2 aromatic heterocycles. The molecule has 1 aliphatic heterocycles. The first-order valence-electron chi connectivity index (χ1n) is 13.4. The van der Waals surface area contributed by atoms with Gasteiger partial charge in [0.05, 0.1) is 17.4 Å². The van der Waals surface area contributed by atoms with Gasteiger partial charge in [-0.3, -0.25) is 14.5 Å². The lowest BCUT2D eigenvalue weighted by atomic mass is 9.84. The Morgan fingerprint density at radius 2 is 2.02 bits per heavy atom. The van der Waals surface area contributed by atoms with Gasteiger partial charge in [-0.05, 0) is 96.7 Å². The van der Waals surface area contributed by atoms with Gasteiger partial charge >= 0.3 is 0 Å². The Bertz CT molecular complexity index is 1440. The van der Waals surface area contributed by atoms with Gasteiger partial charge in [-0.15, -0.1) is 5.10 Å². The summed E-state index contributed by atoms with van der Waals surface area (Å²) in [4.78, 5) is 28.6. The van der Waals surface area contributed by atoms with Crippen LogP contribution in [-0.4, -0.2) is 71.9 Å². The number of likely N-dealkylation sites (tertiary alicyclic amines) is 1. The van der Waals surface area contributed by atoms with Crippen LogP contribution in [0.2, 0.25) is 5.02 Å². The molecule has 2 aromatic carbocycles. The van der Waals surface area contributed by atoms with Crippen molar-refractivity contribution in [3.8, 4) is 11.4 Å². The maximum Gasteiger partial charge on any atom is 0.242 e. The smallest absolute Gasteiger partial charge is 0.242 e. The minimum absolute atomic E-state index is 0.144. The Kier molecular flexibility index (Phi) is 8.51. The number of carbonyl (C=O) groups excluding carboxylic acids is 2. The number of benzene rings is 2. The summed E-state index contributed by atoms with van der Waals surface area (Å²) < 4.78 is 3.34. The zero-order valence-corrected chi connectivity index (χ0v) is 23.2. The molecular weight excluding hydrogens is 530 g/mol. The zero-order valence-electron chi connectivity index (χ0n) is 22.4. The molecule has 1 aliphatic rings. The van der Waals surface area contributed by atoms with Crippen LogP contribution in [0.15, 0.2) is 67.3 Å². The van der Waals surface area contributed by atoms with E-state index in [4.69, 9.17) is 11.6 Å². The standard InChI is InChI=1S/C28H32ClN9O2/c1-3-36-13-10-21(20-6-4-7-24(15-20)37-12-5-11-32-37)16-26(36)28(40)33-19(2)27(39)30-17-22-14-23(29)8-9-25(22)38-18-31-34-35-38/h4-9,11-12,14-15,18-19,21,26H,3,10,13,16-17H2,1-2H3,(H,30,39)(H,33,40)/t19-,21-,26+/m0/s1. The lowest BCUT2D eigenvalue weighted by molar-refractivity contribution is -0.132. The van der Waals surface area contributed by atoms with Crippen LogP contribution in [0.5, 0.6) is 0 Å². The predicted molar refractivity (Wildman–Crippen MR) is 150 cm³/mol. The molecule has 5 rings (SSSR count). The molecule has 208 valence electrons. The number of tetrazole rings is 1. The molecule has 4 aromatic rings. The van der Waals surface area contributed by atoms with Crippen molar-refractivity contribution in [1.29, 1.82) is 0 Å². The number of likely N-dealkylation sites (N-methyl/N-ethyl adjacent to an activating group) is 1. The van der Waals surface area contributed by atoms with Crippen LogP contribution >= 0.6 is 11.6 Å². The molecule has 3 heterocycles. The Morgan fingerprint density at radius 3 is 2.77 bits per heavy atom. The third-order valence-electron chi connectivity index (χ3n) is 7.38. The highest BCUT2D eigenvalue weighted by Crippen LogP contribution is 2.32. The maximum atomic E-state index is 13.5. The van der Waals surface area contributed by atoms with Crippen molar-refractivity contribution in [2.45, 2.75) is 51.2 Å². The van der Waals surface area contributed by atoms with Crippen molar-refractivity contribution in [2.75, 3.05) is 13.1 Å². The number of amides is 2. The molecule has 0 radical (unpaired) electrons. The number of rotatable bonds is 9. The second kappa shape index (κ2) is 12.4. The Morgan fingerprint density at radius 1 is 1.15 bits per heavy atom. The molecule has 0 spiro atoms. The summed E-state index contributed by atoms with van der Waals surface area (Å²) in [6.45, 7) is 5.52. The van der Waals surface area contributed by atoms with Crippen LogP contribution in [0.4, 0.5) is 0 Å². The summed E-state index contributed by atoms with van der Waals surface area (Å²) in [5.74, 6) is -0.210. The van der Waals surface area contributed by atoms with E-state index < -0.39 is 6.04 Å². The quantitative estimate of drug-likeness (QED) is 0.322. The van der Waals surface area contributed by atoms with Gasteiger partial charge in [-0.2, -0.15) is 5.10 Å². The normalized spacial score (nSPS) is 18.3. The van der Waals surface area contributed by atoms with E-state index in [0.717, 1.165) is 30.8 Å². The Labute approximate surface area is 237 Å². The first-order valence-corrected chi connectivity index (χ1v) is 13.7. The summed E-state index contributed by atoms with van der Waals surface area (Å²) in [5, 5.41) is 22.0. The Hall–Kier alpha value is -4.09. The number of nitrogens with zero attached hydrogens (tertiary/aromatic N) is 7. The highest BCUT2D eigenvalue weighted by molar-refractivity contribution is 6.30. The van der Waals surface area contributed by atoms with Crippen LogP contribution in [0.25, 0.3) is 11.4 Å². The molecule has 40 heavy (non-hydrogen) atoms. The predicted octanol–water partition coefficient (Wildman–Crippen LogP) is 2.89. The van der Waals surface area contributed by atoms with E-state index >= 15 is 0 Å². The third kappa shape index (κ3) is 6.21. The second-order valence-electron chi connectivity index (χ2n) is 9.89. The van der Waals surface area contributed by atoms with E-state index in [1.807, 2.05) is 29.1 Å². The van der Waals surface area contributed by atoms with Gasteiger partial charge in [0, 0.05) is 24.0 Å². The van der Waals surface area contributed by atoms with Gasteiger partial charge in [0.2, 0.25) is 11.8 Å². The largest absolute Gasteiger partial charge is 0.350 e. The fourth-order valence-corrected chi connectivity index (χ4v) is 5.41. The van der Waals surface area contributed by atoms with Crippen molar-refractivity contribution in [3.63, 3.8) is 0 Å². The highest BCUT2D eigenvalue weighted by Gasteiger charge is 2.34. The summed E-state index contributed by atoms with van der Waals surface area (Å²) in [6, 6.07) is 14.4. The molecule has 2 amide bonds. The van der Waals surface area contributed by atoms with Crippen molar-refractivity contribution in [2.24, 2.45) is 0 Å². The molecule has 0 unspecified atom stereocenters. The van der Waals surface area contributed by atoms with E-state index in [2.05, 4.69) is 55.2 Å². The van der Waals surface area contributed by atoms with Crippen LogP contribution in [0.1, 0.15) is 43.7 Å². The number of aromatic nitrogens is 6. The van der Waals surface area contributed by atoms with Gasteiger partial charge in [0.1, 0.15) is 12.4 Å². The fraction of sp³-hybridized carbons (Fsp3) is 0.357. The fourth-order valence-electron chi connectivity index (χ4n) is 5.21. The van der Waals surface area contributed by atoms with Crippen LogP contribution in [-0.2, 0) is 16.1 Å². The molecule has 0 bridgehead atoms. The molecule has 0 saturated carbocycles. The lowest BCUT2D eigenvalue weighted by Crippen LogP contribution is -2.54. The topological polar surface area (TPSA) is 123 Å². The summed E-state index contributed by atoms with van der Waals surface area (Å²) in [5.41, 5.74) is 3.63. The second-order valence-corrected chi connectivity index (χ2v) is 10.3. The molecule has 0 aliphatic carbocycles. The molecule has 2 N–H and O–H groups in total. The van der Waals surface area contributed by atoms with E-state index in [1.165, 1.54) is 16.6 Å². The van der Waals surface area contributed by atoms with E-state index in [-0.39, 0.29) is 30.3 Å². The van der Waals surface area contributed by atoms with Crippen molar-refractivity contribution < 1.29 is 9.59 Å². The zero-order chi connectivity index (χ0) is 28.1. The number of piperidine rings is 1. The van der Waals surface area contributed by atoms with Gasteiger partial charge < -0.3 is 10.6 Å². The first kappa shape index (κ1) is 27.5. The maximum absolute atomic E-state index is 13.5. The molecule has 1 fully saturated rings. The van der Waals surface area contributed by atoms with E-state index in [9.17, 15) is 9.59 Å². The van der Waals surface area contributed by atoms with Gasteiger partial charge in [-0.1, -0.05) is 30.7 Å². The molecule has 11 nitrogen and oxygen atoms in total. The number of carbonyl (C=O) groups is 2. The number of hydrogen-bond acceptors (Lipinski definition) is 7. The van der Waals surface area contributed by atoms with Crippen LogP contribution < -0.4 is 10.6 Å². The molecule has 12 heteroatoms. The molecule has 1 saturated heterocycles. The highest BCUT2D eigenvalue weighted by atomic mass is 35.5. The van der Waals surface area contributed by atoms with Gasteiger partial charge in [-0.25, -0.2) is 9.36 Å². The van der Waals surface area contributed by atoms with E-state index in [0.29, 0.717) is 17.1 Å².